The predicted molar refractivity (Wildman–Crippen MR) is 75.7 cm³/mol. The number of allylic oxidation sites excluding steroid dienone is 1. The highest BCUT2D eigenvalue weighted by atomic mass is 79.9. The molecular weight excluding hydrogens is 310 g/mol. The molecule has 2 heterocycles. The van der Waals surface area contributed by atoms with Crippen molar-refractivity contribution in [2.75, 3.05) is 0 Å². The quantitative estimate of drug-likeness (QED) is 0.858. The molecule has 0 N–H and O–H groups in total. The van der Waals surface area contributed by atoms with Gasteiger partial charge in [-0.05, 0) is 48.3 Å². The van der Waals surface area contributed by atoms with Crippen LogP contribution < -0.4 is 4.74 Å². The molecule has 0 bridgehead atoms. The van der Waals surface area contributed by atoms with Gasteiger partial charge in [0.15, 0.2) is 5.82 Å². The van der Waals surface area contributed by atoms with E-state index in [0.717, 1.165) is 15.6 Å². The first-order valence-electron chi connectivity index (χ1n) is 5.79. The molecule has 0 aliphatic rings. The molecule has 0 atom stereocenters. The van der Waals surface area contributed by atoms with Crippen LogP contribution in [0.15, 0.2) is 27.8 Å². The van der Waals surface area contributed by atoms with Crippen molar-refractivity contribution in [1.82, 2.24) is 15.1 Å². The topological polar surface area (TPSA) is 61.0 Å². The number of aromatic nitrogens is 3. The summed E-state index contributed by atoms with van der Waals surface area (Å²) >= 11 is 3.41. The van der Waals surface area contributed by atoms with Gasteiger partial charge in [0, 0.05) is 6.20 Å². The van der Waals surface area contributed by atoms with E-state index in [0.29, 0.717) is 17.6 Å². The lowest BCUT2D eigenvalue weighted by Gasteiger charge is -2.10. The van der Waals surface area contributed by atoms with Gasteiger partial charge in [-0.1, -0.05) is 11.7 Å². The van der Waals surface area contributed by atoms with Crippen LogP contribution in [0.5, 0.6) is 5.88 Å². The average Bonchev–Trinajstić information content (AvgIpc) is 2.80. The second kappa shape index (κ2) is 5.52. The summed E-state index contributed by atoms with van der Waals surface area (Å²) in [7, 11) is 0. The van der Waals surface area contributed by atoms with Gasteiger partial charge in [-0.3, -0.25) is 0 Å². The van der Waals surface area contributed by atoms with E-state index in [9.17, 15) is 0 Å². The first kappa shape index (κ1) is 13.7. The van der Waals surface area contributed by atoms with Crippen LogP contribution in [-0.4, -0.2) is 21.2 Å². The molecule has 0 aliphatic heterocycles. The predicted octanol–water partition coefficient (Wildman–Crippen LogP) is 3.71. The van der Waals surface area contributed by atoms with Crippen LogP contribution in [0.1, 0.15) is 26.6 Å². The largest absolute Gasteiger partial charge is 0.474 e. The fourth-order valence-electron chi connectivity index (χ4n) is 1.37. The summed E-state index contributed by atoms with van der Waals surface area (Å²) < 4.78 is 11.4. The Balaban J connectivity index is 2.30. The van der Waals surface area contributed by atoms with Crippen molar-refractivity contribution in [3.05, 3.63) is 29.1 Å². The minimum Gasteiger partial charge on any atom is -0.474 e. The minimum atomic E-state index is 0.0630. The van der Waals surface area contributed by atoms with Gasteiger partial charge in [0.1, 0.15) is 0 Å². The van der Waals surface area contributed by atoms with E-state index in [1.54, 1.807) is 6.20 Å². The highest BCUT2D eigenvalue weighted by molar-refractivity contribution is 9.10. The molecule has 0 aliphatic carbocycles. The van der Waals surface area contributed by atoms with Crippen molar-refractivity contribution in [1.29, 1.82) is 0 Å². The maximum Gasteiger partial charge on any atom is 0.259 e. The SMILES string of the molecule is C=C(C)c1noc(-c2cnc(OC(C)C)c(Br)c2)n1. The molecule has 6 heteroatoms. The number of hydrogen-bond acceptors (Lipinski definition) is 5. The standard InChI is InChI=1S/C13H14BrN3O2/c1-7(2)11-16-12(19-17-11)9-5-10(14)13(15-6-9)18-8(3)4/h5-6,8H,1H2,2-4H3. The van der Waals surface area contributed by atoms with Crippen molar-refractivity contribution >= 4 is 21.5 Å². The fourth-order valence-corrected chi connectivity index (χ4v) is 1.81. The van der Waals surface area contributed by atoms with Crippen LogP contribution in [-0.2, 0) is 0 Å². The van der Waals surface area contributed by atoms with Crippen LogP contribution in [0, 0.1) is 0 Å². The van der Waals surface area contributed by atoms with Crippen LogP contribution in [0.4, 0.5) is 0 Å². The van der Waals surface area contributed by atoms with E-state index in [4.69, 9.17) is 9.26 Å². The van der Waals surface area contributed by atoms with Gasteiger partial charge in [0.2, 0.25) is 5.88 Å². The number of rotatable bonds is 4. The van der Waals surface area contributed by atoms with Crippen molar-refractivity contribution in [3.63, 3.8) is 0 Å². The molecular formula is C13H14BrN3O2. The van der Waals surface area contributed by atoms with Crippen LogP contribution in [0.2, 0.25) is 0 Å². The molecule has 0 saturated heterocycles. The van der Waals surface area contributed by atoms with Gasteiger partial charge in [-0.15, -0.1) is 0 Å². The van der Waals surface area contributed by atoms with Crippen molar-refractivity contribution in [2.24, 2.45) is 0 Å². The third-order valence-electron chi connectivity index (χ3n) is 2.21. The minimum absolute atomic E-state index is 0.0630. The van der Waals surface area contributed by atoms with Crippen LogP contribution in [0.3, 0.4) is 0 Å². The van der Waals surface area contributed by atoms with Gasteiger partial charge in [-0.2, -0.15) is 4.98 Å². The molecule has 100 valence electrons. The van der Waals surface area contributed by atoms with Gasteiger partial charge in [-0.25, -0.2) is 4.98 Å². The normalized spacial score (nSPS) is 10.8. The molecule has 0 saturated carbocycles. The lowest BCUT2D eigenvalue weighted by atomic mass is 10.3. The van der Waals surface area contributed by atoms with Crippen LogP contribution >= 0.6 is 15.9 Å². The molecule has 0 aromatic carbocycles. The Kier molecular flexibility index (Phi) is 3.99. The van der Waals surface area contributed by atoms with E-state index in [-0.39, 0.29) is 6.10 Å². The molecule has 19 heavy (non-hydrogen) atoms. The maximum atomic E-state index is 5.54. The molecule has 0 radical (unpaired) electrons. The van der Waals surface area contributed by atoms with Gasteiger partial charge in [0.05, 0.1) is 16.1 Å². The summed E-state index contributed by atoms with van der Waals surface area (Å²) in [5.41, 5.74) is 1.48. The Hall–Kier alpha value is -1.69. The van der Waals surface area contributed by atoms with Crippen molar-refractivity contribution < 1.29 is 9.26 Å². The van der Waals surface area contributed by atoms with Gasteiger partial charge in [0.25, 0.3) is 5.89 Å². The average molecular weight is 324 g/mol. The first-order valence-corrected chi connectivity index (χ1v) is 6.59. The molecule has 0 unspecified atom stereocenters. The molecule has 2 rings (SSSR count). The maximum absolute atomic E-state index is 5.54. The summed E-state index contributed by atoms with van der Waals surface area (Å²) in [4.78, 5) is 8.46. The smallest absolute Gasteiger partial charge is 0.259 e. The number of halogens is 1. The number of pyridine rings is 1. The Morgan fingerprint density at radius 3 is 2.74 bits per heavy atom. The molecule has 0 spiro atoms. The molecule has 5 nitrogen and oxygen atoms in total. The molecule has 0 amide bonds. The van der Waals surface area contributed by atoms with Gasteiger partial charge < -0.3 is 9.26 Å². The second-order valence-corrected chi connectivity index (χ2v) is 5.24. The summed E-state index contributed by atoms with van der Waals surface area (Å²) in [6.07, 6.45) is 1.70. The highest BCUT2D eigenvalue weighted by Crippen LogP contribution is 2.28. The fraction of sp³-hybridized carbons (Fsp3) is 0.308. The van der Waals surface area contributed by atoms with E-state index in [1.807, 2.05) is 26.8 Å². The zero-order chi connectivity index (χ0) is 14.0. The summed E-state index contributed by atoms with van der Waals surface area (Å²) in [6, 6.07) is 1.83. The second-order valence-electron chi connectivity index (χ2n) is 4.38. The lowest BCUT2D eigenvalue weighted by Crippen LogP contribution is -2.07. The number of ether oxygens (including phenoxy) is 1. The zero-order valence-electron chi connectivity index (χ0n) is 11.0. The van der Waals surface area contributed by atoms with E-state index in [2.05, 4.69) is 37.6 Å². The summed E-state index contributed by atoms with van der Waals surface area (Å²) in [5, 5.41) is 3.83. The summed E-state index contributed by atoms with van der Waals surface area (Å²) in [5.74, 6) is 1.44. The molecule has 2 aromatic heterocycles. The Morgan fingerprint density at radius 2 is 2.21 bits per heavy atom. The third-order valence-corrected chi connectivity index (χ3v) is 2.78. The van der Waals surface area contributed by atoms with Crippen molar-refractivity contribution in [3.8, 4) is 17.3 Å². The molecule has 2 aromatic rings. The van der Waals surface area contributed by atoms with E-state index < -0.39 is 0 Å². The van der Waals surface area contributed by atoms with E-state index >= 15 is 0 Å². The monoisotopic (exact) mass is 323 g/mol. The number of nitrogens with zero attached hydrogens (tertiary/aromatic N) is 3. The Morgan fingerprint density at radius 1 is 1.47 bits per heavy atom. The Labute approximate surface area is 119 Å². The highest BCUT2D eigenvalue weighted by Gasteiger charge is 2.13. The number of hydrogen-bond donors (Lipinski definition) is 0. The molecule has 0 fully saturated rings. The first-order chi connectivity index (χ1) is 8.97. The third kappa shape index (κ3) is 3.20. The Bertz CT molecular complexity index is 608. The van der Waals surface area contributed by atoms with E-state index in [1.165, 1.54) is 0 Å². The van der Waals surface area contributed by atoms with Gasteiger partial charge >= 0.3 is 0 Å². The van der Waals surface area contributed by atoms with Crippen molar-refractivity contribution in [2.45, 2.75) is 26.9 Å². The zero-order valence-corrected chi connectivity index (χ0v) is 12.6. The summed E-state index contributed by atoms with van der Waals surface area (Å²) in [6.45, 7) is 9.48. The lowest BCUT2D eigenvalue weighted by molar-refractivity contribution is 0.231. The van der Waals surface area contributed by atoms with Crippen LogP contribution in [0.25, 0.3) is 17.0 Å².